The molecule has 1 aromatic heterocycles. The molecule has 0 bridgehead atoms. The van der Waals surface area contributed by atoms with Gasteiger partial charge in [-0.05, 0) is 37.5 Å². The van der Waals surface area contributed by atoms with Gasteiger partial charge in [0, 0.05) is 12.6 Å². The predicted molar refractivity (Wildman–Crippen MR) is 82.9 cm³/mol. The fourth-order valence-electron chi connectivity index (χ4n) is 4.12. The van der Waals surface area contributed by atoms with Crippen molar-refractivity contribution >= 4 is 11.6 Å². The molecule has 0 aromatic carbocycles. The fourth-order valence-corrected chi connectivity index (χ4v) is 4.12. The highest BCUT2D eigenvalue weighted by molar-refractivity contribution is 5.97. The molecule has 0 radical (unpaired) electrons. The number of hydrogen-bond donors (Lipinski definition) is 2. The Morgan fingerprint density at radius 1 is 1.38 bits per heavy atom. The van der Waals surface area contributed by atoms with Crippen molar-refractivity contribution in [1.82, 2.24) is 15.1 Å². The van der Waals surface area contributed by atoms with Crippen LogP contribution in [0.4, 0.5) is 5.69 Å². The van der Waals surface area contributed by atoms with E-state index in [9.17, 15) is 4.79 Å². The average molecular weight is 290 g/mol. The Balaban J connectivity index is 1.84. The number of likely N-dealkylation sites (tertiary alicyclic amines) is 1. The Hall–Kier alpha value is -1.52. The largest absolute Gasteiger partial charge is 0.395 e. The van der Waals surface area contributed by atoms with E-state index in [4.69, 9.17) is 5.73 Å². The number of anilines is 1. The van der Waals surface area contributed by atoms with Crippen LogP contribution in [0.25, 0.3) is 0 Å². The van der Waals surface area contributed by atoms with Gasteiger partial charge in [0.2, 0.25) is 0 Å². The van der Waals surface area contributed by atoms with Crippen LogP contribution in [-0.2, 0) is 6.42 Å². The van der Waals surface area contributed by atoms with Gasteiger partial charge in [-0.25, -0.2) is 0 Å². The fraction of sp³-hybridized carbons (Fsp3) is 0.750. The Bertz CT molecular complexity index is 524. The van der Waals surface area contributed by atoms with E-state index in [0.717, 1.165) is 37.4 Å². The van der Waals surface area contributed by atoms with Crippen molar-refractivity contribution in [3.05, 3.63) is 11.4 Å². The molecule has 3 unspecified atom stereocenters. The van der Waals surface area contributed by atoms with Gasteiger partial charge in [-0.15, -0.1) is 0 Å². The van der Waals surface area contributed by atoms with Crippen molar-refractivity contribution in [2.75, 3.05) is 12.3 Å². The van der Waals surface area contributed by atoms with Crippen LogP contribution >= 0.6 is 0 Å². The second-order valence-corrected chi connectivity index (χ2v) is 6.60. The summed E-state index contributed by atoms with van der Waals surface area (Å²) < 4.78 is 0. The van der Waals surface area contributed by atoms with Crippen LogP contribution in [0, 0.1) is 11.8 Å². The SMILES string of the molecule is CCc1[nH]nc(C(=O)N2CCC(C)C3CCCCC32)c1N. The minimum absolute atomic E-state index is 0.0206. The van der Waals surface area contributed by atoms with Gasteiger partial charge < -0.3 is 10.6 Å². The van der Waals surface area contributed by atoms with Gasteiger partial charge in [0.1, 0.15) is 0 Å². The number of H-pyrrole nitrogens is 1. The van der Waals surface area contributed by atoms with Crippen molar-refractivity contribution < 1.29 is 4.79 Å². The zero-order chi connectivity index (χ0) is 15.0. The highest BCUT2D eigenvalue weighted by Gasteiger charge is 2.40. The van der Waals surface area contributed by atoms with Gasteiger partial charge in [0.25, 0.3) is 5.91 Å². The Labute approximate surface area is 126 Å². The Morgan fingerprint density at radius 3 is 2.86 bits per heavy atom. The highest BCUT2D eigenvalue weighted by Crippen LogP contribution is 2.39. The van der Waals surface area contributed by atoms with Crippen LogP contribution < -0.4 is 5.73 Å². The molecule has 2 aliphatic rings. The number of carbonyl (C=O) groups excluding carboxylic acids is 1. The maximum Gasteiger partial charge on any atom is 0.276 e. The summed E-state index contributed by atoms with van der Waals surface area (Å²) in [5, 5.41) is 7.08. The van der Waals surface area contributed by atoms with Crippen LogP contribution in [0.2, 0.25) is 0 Å². The molecule has 5 nitrogen and oxygen atoms in total. The molecule has 1 aliphatic carbocycles. The molecule has 1 saturated carbocycles. The average Bonchev–Trinajstić information content (AvgIpc) is 2.88. The third kappa shape index (κ3) is 2.43. The summed E-state index contributed by atoms with van der Waals surface area (Å²) in [6, 6.07) is 0.385. The van der Waals surface area contributed by atoms with Crippen LogP contribution in [-0.4, -0.2) is 33.6 Å². The molecule has 1 amide bonds. The molecule has 5 heteroatoms. The highest BCUT2D eigenvalue weighted by atomic mass is 16.2. The van der Waals surface area contributed by atoms with Gasteiger partial charge in [-0.1, -0.05) is 26.7 Å². The number of rotatable bonds is 2. The van der Waals surface area contributed by atoms with E-state index in [1.807, 2.05) is 6.92 Å². The van der Waals surface area contributed by atoms with Gasteiger partial charge in [0.15, 0.2) is 5.69 Å². The van der Waals surface area contributed by atoms with Crippen molar-refractivity contribution in [1.29, 1.82) is 0 Å². The van der Waals surface area contributed by atoms with Crippen molar-refractivity contribution in [3.63, 3.8) is 0 Å². The van der Waals surface area contributed by atoms with Crippen molar-refractivity contribution in [2.45, 2.75) is 58.4 Å². The molecule has 3 N–H and O–H groups in total. The predicted octanol–water partition coefficient (Wildman–Crippen LogP) is 2.60. The summed E-state index contributed by atoms with van der Waals surface area (Å²) in [5.41, 5.74) is 7.90. The minimum atomic E-state index is 0.0206. The molecule has 1 aliphatic heterocycles. The number of amides is 1. The zero-order valence-electron chi connectivity index (χ0n) is 13.1. The molecular formula is C16H26N4O. The van der Waals surface area contributed by atoms with E-state index in [1.54, 1.807) is 0 Å². The van der Waals surface area contributed by atoms with E-state index in [-0.39, 0.29) is 5.91 Å². The summed E-state index contributed by atoms with van der Waals surface area (Å²) in [6.07, 6.45) is 6.79. The molecule has 21 heavy (non-hydrogen) atoms. The second kappa shape index (κ2) is 5.70. The number of nitrogens with zero attached hydrogens (tertiary/aromatic N) is 2. The van der Waals surface area contributed by atoms with Gasteiger partial charge in [-0.3, -0.25) is 9.89 Å². The third-order valence-corrected chi connectivity index (χ3v) is 5.44. The van der Waals surface area contributed by atoms with Crippen molar-refractivity contribution in [3.8, 4) is 0 Å². The van der Waals surface area contributed by atoms with E-state index < -0.39 is 0 Å². The number of aromatic amines is 1. The lowest BCUT2D eigenvalue weighted by Gasteiger charge is -2.47. The van der Waals surface area contributed by atoms with Crippen LogP contribution in [0.1, 0.15) is 62.1 Å². The molecule has 3 atom stereocenters. The number of aryl methyl sites for hydroxylation is 1. The monoisotopic (exact) mass is 290 g/mol. The maximum atomic E-state index is 12.9. The molecule has 0 spiro atoms. The molecule has 3 rings (SSSR count). The number of fused-ring (bicyclic) bond motifs is 1. The quantitative estimate of drug-likeness (QED) is 0.879. The number of nitrogen functional groups attached to an aromatic ring is 1. The summed E-state index contributed by atoms with van der Waals surface area (Å²) in [7, 11) is 0. The Morgan fingerprint density at radius 2 is 2.14 bits per heavy atom. The molecule has 116 valence electrons. The van der Waals surface area contributed by atoms with Crippen LogP contribution in [0.15, 0.2) is 0 Å². The molecule has 2 fully saturated rings. The van der Waals surface area contributed by atoms with Crippen LogP contribution in [0.5, 0.6) is 0 Å². The first kappa shape index (κ1) is 14.4. The van der Waals surface area contributed by atoms with Crippen LogP contribution in [0.3, 0.4) is 0 Å². The van der Waals surface area contributed by atoms with Gasteiger partial charge in [-0.2, -0.15) is 5.10 Å². The van der Waals surface area contributed by atoms with E-state index in [1.165, 1.54) is 19.3 Å². The second-order valence-electron chi connectivity index (χ2n) is 6.60. The first-order valence-corrected chi connectivity index (χ1v) is 8.27. The summed E-state index contributed by atoms with van der Waals surface area (Å²) in [5.74, 6) is 1.40. The molecular weight excluding hydrogens is 264 g/mol. The normalized spacial score (nSPS) is 29.2. The lowest BCUT2D eigenvalue weighted by atomic mass is 9.72. The number of nitrogens with two attached hydrogens (primary N) is 1. The lowest BCUT2D eigenvalue weighted by Crippen LogP contribution is -2.52. The first-order valence-electron chi connectivity index (χ1n) is 8.27. The lowest BCUT2D eigenvalue weighted by molar-refractivity contribution is 0.0214. The number of aromatic nitrogens is 2. The van der Waals surface area contributed by atoms with Crippen molar-refractivity contribution in [2.24, 2.45) is 11.8 Å². The molecule has 2 heterocycles. The van der Waals surface area contributed by atoms with E-state index in [2.05, 4.69) is 22.0 Å². The number of piperidine rings is 1. The first-order chi connectivity index (χ1) is 10.1. The topological polar surface area (TPSA) is 75.0 Å². The standard InChI is InChI=1S/C16H26N4O/c1-3-12-14(17)15(19-18-12)16(21)20-9-8-10(2)11-6-4-5-7-13(11)20/h10-11,13H,3-9,17H2,1-2H3,(H,18,19). The minimum Gasteiger partial charge on any atom is -0.395 e. The number of carbonyl (C=O) groups is 1. The third-order valence-electron chi connectivity index (χ3n) is 5.44. The number of hydrogen-bond acceptors (Lipinski definition) is 3. The van der Waals surface area contributed by atoms with Gasteiger partial charge >= 0.3 is 0 Å². The summed E-state index contributed by atoms with van der Waals surface area (Å²) >= 11 is 0. The number of nitrogens with one attached hydrogen (secondary N) is 1. The zero-order valence-corrected chi connectivity index (χ0v) is 13.1. The maximum absolute atomic E-state index is 12.9. The summed E-state index contributed by atoms with van der Waals surface area (Å²) in [4.78, 5) is 14.9. The summed E-state index contributed by atoms with van der Waals surface area (Å²) in [6.45, 7) is 5.19. The smallest absolute Gasteiger partial charge is 0.276 e. The molecule has 1 saturated heterocycles. The van der Waals surface area contributed by atoms with E-state index >= 15 is 0 Å². The molecule has 1 aromatic rings. The Kier molecular flexibility index (Phi) is 3.91. The van der Waals surface area contributed by atoms with Gasteiger partial charge in [0.05, 0.1) is 11.4 Å². The van der Waals surface area contributed by atoms with E-state index in [0.29, 0.717) is 23.3 Å².